The smallest absolute Gasteiger partial charge is 0.372 e. The lowest BCUT2D eigenvalue weighted by Gasteiger charge is -2.39. The van der Waals surface area contributed by atoms with Gasteiger partial charge in [0.1, 0.15) is 18.8 Å². The molecule has 0 saturated carbocycles. The second-order valence-corrected chi connectivity index (χ2v) is 5.53. The Hall–Kier alpha value is -2.82. The quantitative estimate of drug-likeness (QED) is 0.197. The van der Waals surface area contributed by atoms with E-state index in [1.165, 1.54) is 20.1 Å². The molecule has 0 bridgehead atoms. The zero-order valence-electron chi connectivity index (χ0n) is 15.4. The van der Waals surface area contributed by atoms with Crippen molar-refractivity contribution in [2.45, 2.75) is 44.2 Å². The number of azide groups is 1. The number of ether oxygens (including phenoxy) is 5. The van der Waals surface area contributed by atoms with Crippen LogP contribution in [0.25, 0.3) is 10.4 Å². The van der Waals surface area contributed by atoms with Gasteiger partial charge in [-0.2, -0.15) is 0 Å². The van der Waals surface area contributed by atoms with E-state index in [2.05, 4.69) is 14.8 Å². The average molecular weight is 386 g/mol. The van der Waals surface area contributed by atoms with Gasteiger partial charge in [-0.1, -0.05) is 5.11 Å². The fourth-order valence-electron chi connectivity index (χ4n) is 2.50. The first-order chi connectivity index (χ1) is 12.7. The summed E-state index contributed by atoms with van der Waals surface area (Å²) >= 11 is 0. The molecule has 5 atom stereocenters. The van der Waals surface area contributed by atoms with E-state index in [9.17, 15) is 14.4 Å². The van der Waals surface area contributed by atoms with Gasteiger partial charge in [0.25, 0.3) is 0 Å². The highest BCUT2D eigenvalue weighted by molar-refractivity contribution is 5.86. The van der Waals surface area contributed by atoms with Crippen molar-refractivity contribution < 1.29 is 38.1 Å². The molecule has 0 aromatic carbocycles. The molecule has 0 radical (unpaired) electrons. The van der Waals surface area contributed by atoms with E-state index < -0.39 is 48.3 Å². The first-order valence-electron chi connectivity index (χ1n) is 7.85. The Morgan fingerprint density at radius 1 is 1.33 bits per heavy atom. The van der Waals surface area contributed by atoms with Crippen molar-refractivity contribution in [1.29, 1.82) is 0 Å². The third kappa shape index (κ3) is 6.13. The highest BCUT2D eigenvalue weighted by Crippen LogP contribution is 2.26. The maximum absolute atomic E-state index is 11.9. The Balaban J connectivity index is 3.21. The predicted octanol–water partition coefficient (Wildman–Crippen LogP) is -0.0419. The van der Waals surface area contributed by atoms with Crippen LogP contribution in [0.15, 0.2) is 16.9 Å². The number of hydrogen-bond acceptors (Lipinski definition) is 10. The van der Waals surface area contributed by atoms with E-state index in [4.69, 9.17) is 30.2 Å². The number of methoxy groups -OCH3 is 2. The van der Waals surface area contributed by atoms with Gasteiger partial charge in [0.05, 0.1) is 19.2 Å². The number of rotatable bonds is 8. The van der Waals surface area contributed by atoms with Crippen LogP contribution in [0.1, 0.15) is 13.8 Å². The Morgan fingerprint density at radius 2 is 2.00 bits per heavy atom. The molecule has 0 aromatic heterocycles. The van der Waals surface area contributed by atoms with Crippen molar-refractivity contribution in [2.24, 2.45) is 10.8 Å². The molecule has 0 aromatic rings. The maximum atomic E-state index is 11.9. The van der Waals surface area contributed by atoms with Crippen molar-refractivity contribution in [2.75, 3.05) is 20.8 Å². The van der Waals surface area contributed by atoms with E-state index in [1.807, 2.05) is 0 Å². The fourth-order valence-corrected chi connectivity index (χ4v) is 2.50. The van der Waals surface area contributed by atoms with Gasteiger partial charge in [-0.25, -0.2) is 4.79 Å². The van der Waals surface area contributed by atoms with Gasteiger partial charge in [-0.3, -0.25) is 9.59 Å². The number of nitrogens with two attached hydrogens (primary N) is 1. The lowest BCUT2D eigenvalue weighted by Crippen LogP contribution is -2.58. The summed E-state index contributed by atoms with van der Waals surface area (Å²) in [6, 6.07) is -1.90. The van der Waals surface area contributed by atoms with Crippen LogP contribution in [0.4, 0.5) is 0 Å². The monoisotopic (exact) mass is 386 g/mol. The van der Waals surface area contributed by atoms with Crippen LogP contribution in [0.5, 0.6) is 0 Å². The Bertz CT molecular complexity index is 646. The van der Waals surface area contributed by atoms with Crippen LogP contribution < -0.4 is 5.73 Å². The standard InChI is InChI=1S/C15H22N4O8/c1-7(20)25-6-11(26-8(2)21)13(23-3)14-12(16)9(18-19-17)5-10(27-14)15(22)24-4/h5,9,11-14H,6,16H2,1-4H3/t9-,11+,12+,13+,14+/m0/s1. The SMILES string of the molecule is COC(=O)C1=C[C@H](N=[N+]=[N-])[C@@H](N)[C@H]([C@H](OC)[C@@H](COC(C)=O)OC(C)=O)O1. The van der Waals surface area contributed by atoms with Gasteiger partial charge in [0.15, 0.2) is 6.10 Å². The number of carbonyl (C=O) groups is 3. The lowest BCUT2D eigenvalue weighted by molar-refractivity contribution is -0.177. The van der Waals surface area contributed by atoms with Crippen LogP contribution >= 0.6 is 0 Å². The minimum Gasteiger partial charge on any atom is -0.479 e. The van der Waals surface area contributed by atoms with Crippen molar-refractivity contribution in [1.82, 2.24) is 0 Å². The van der Waals surface area contributed by atoms with E-state index in [1.54, 1.807) is 0 Å². The maximum Gasteiger partial charge on any atom is 0.372 e. The van der Waals surface area contributed by atoms with E-state index in [-0.39, 0.29) is 12.4 Å². The average Bonchev–Trinajstić information content (AvgIpc) is 2.61. The Morgan fingerprint density at radius 3 is 2.48 bits per heavy atom. The summed E-state index contributed by atoms with van der Waals surface area (Å²) in [4.78, 5) is 37.1. The van der Waals surface area contributed by atoms with Crippen LogP contribution in [0.2, 0.25) is 0 Å². The first kappa shape index (κ1) is 22.2. The zero-order valence-corrected chi connectivity index (χ0v) is 15.4. The molecule has 1 rings (SSSR count). The van der Waals surface area contributed by atoms with E-state index >= 15 is 0 Å². The van der Waals surface area contributed by atoms with Crippen LogP contribution in [0.3, 0.4) is 0 Å². The Kier molecular flexibility index (Phi) is 8.52. The fraction of sp³-hybridized carbons (Fsp3) is 0.667. The summed E-state index contributed by atoms with van der Waals surface area (Å²) in [6.45, 7) is 2.02. The molecule has 0 amide bonds. The number of nitrogens with zero attached hydrogens (tertiary/aromatic N) is 3. The molecule has 150 valence electrons. The summed E-state index contributed by atoms with van der Waals surface area (Å²) in [5.74, 6) is -2.31. The van der Waals surface area contributed by atoms with Crippen LogP contribution in [-0.4, -0.2) is 69.1 Å². The van der Waals surface area contributed by atoms with E-state index in [0.29, 0.717) is 0 Å². The number of esters is 3. The second-order valence-electron chi connectivity index (χ2n) is 5.53. The molecule has 1 aliphatic heterocycles. The van der Waals surface area contributed by atoms with Crippen molar-refractivity contribution in [3.8, 4) is 0 Å². The summed E-state index contributed by atoms with van der Waals surface area (Å²) in [6.07, 6.45) is -1.99. The molecule has 0 fully saturated rings. The molecule has 12 nitrogen and oxygen atoms in total. The molecule has 0 spiro atoms. The second kappa shape index (κ2) is 10.4. The lowest BCUT2D eigenvalue weighted by atomic mass is 9.93. The highest BCUT2D eigenvalue weighted by atomic mass is 16.6. The molecular weight excluding hydrogens is 364 g/mol. The molecule has 27 heavy (non-hydrogen) atoms. The molecule has 0 aliphatic carbocycles. The summed E-state index contributed by atoms with van der Waals surface area (Å²) in [5.41, 5.74) is 14.8. The van der Waals surface area contributed by atoms with Gasteiger partial charge < -0.3 is 29.4 Å². The first-order valence-corrected chi connectivity index (χ1v) is 7.85. The predicted molar refractivity (Wildman–Crippen MR) is 88.9 cm³/mol. The summed E-state index contributed by atoms with van der Waals surface area (Å²) in [7, 11) is 2.44. The minimum absolute atomic E-state index is 0.238. The molecule has 0 saturated heterocycles. The summed E-state index contributed by atoms with van der Waals surface area (Å²) in [5, 5.41) is 3.54. The molecule has 1 heterocycles. The number of carbonyl (C=O) groups excluding carboxylic acids is 3. The highest BCUT2D eigenvalue weighted by Gasteiger charge is 2.44. The normalized spacial score (nSPS) is 23.6. The van der Waals surface area contributed by atoms with Crippen molar-refractivity contribution >= 4 is 17.9 Å². The van der Waals surface area contributed by atoms with Gasteiger partial charge in [0, 0.05) is 25.9 Å². The topological polar surface area (TPSA) is 172 Å². The van der Waals surface area contributed by atoms with Crippen LogP contribution in [-0.2, 0) is 38.1 Å². The molecular formula is C15H22N4O8. The van der Waals surface area contributed by atoms with Gasteiger partial charge in [-0.15, -0.1) is 0 Å². The van der Waals surface area contributed by atoms with Gasteiger partial charge >= 0.3 is 17.9 Å². The molecule has 12 heteroatoms. The minimum atomic E-state index is -1.09. The largest absolute Gasteiger partial charge is 0.479 e. The van der Waals surface area contributed by atoms with E-state index in [0.717, 1.165) is 14.0 Å². The van der Waals surface area contributed by atoms with Crippen LogP contribution in [0, 0.1) is 0 Å². The van der Waals surface area contributed by atoms with Gasteiger partial charge in [0.2, 0.25) is 5.76 Å². The molecule has 1 aliphatic rings. The third-order valence-corrected chi connectivity index (χ3v) is 3.66. The third-order valence-electron chi connectivity index (χ3n) is 3.66. The summed E-state index contributed by atoms with van der Waals surface area (Å²) < 4.78 is 25.6. The zero-order chi connectivity index (χ0) is 20.6. The van der Waals surface area contributed by atoms with Gasteiger partial charge in [-0.05, 0) is 11.6 Å². The Labute approximate surface area is 155 Å². The molecule has 2 N–H and O–H groups in total. The van der Waals surface area contributed by atoms with Crippen molar-refractivity contribution in [3.05, 3.63) is 22.3 Å². The molecule has 0 unspecified atom stereocenters. The number of hydrogen-bond donors (Lipinski definition) is 1. The van der Waals surface area contributed by atoms with Crippen molar-refractivity contribution in [3.63, 3.8) is 0 Å².